The molecular formula is C12H18N2O3S. The Balaban J connectivity index is 1.72. The summed E-state index contributed by atoms with van der Waals surface area (Å²) in [4.78, 5) is 14.8. The molecule has 0 radical (unpaired) electrons. The lowest BCUT2D eigenvalue weighted by Crippen LogP contribution is -2.40. The van der Waals surface area contributed by atoms with Crippen LogP contribution in [0.1, 0.15) is 31.9 Å². The Morgan fingerprint density at radius 3 is 3.11 bits per heavy atom. The summed E-state index contributed by atoms with van der Waals surface area (Å²) in [5.41, 5.74) is 0.852. The number of hydrogen-bond donors (Lipinski definition) is 2. The molecule has 1 aromatic rings. The molecule has 0 unspecified atom stereocenters. The number of nitrogens with zero attached hydrogens (tertiary/aromatic N) is 1. The Labute approximate surface area is 110 Å². The molecule has 1 aromatic heterocycles. The van der Waals surface area contributed by atoms with Crippen LogP contribution in [-0.2, 0) is 16.0 Å². The lowest BCUT2D eigenvalue weighted by atomic mass is 9.89. The number of rotatable bonds is 7. The molecule has 0 aromatic carbocycles. The molecule has 18 heavy (non-hydrogen) atoms. The van der Waals surface area contributed by atoms with Gasteiger partial charge in [0.05, 0.1) is 18.2 Å². The Morgan fingerprint density at radius 2 is 2.44 bits per heavy atom. The van der Waals surface area contributed by atoms with Crippen LogP contribution in [0.5, 0.6) is 0 Å². The van der Waals surface area contributed by atoms with Gasteiger partial charge >= 0.3 is 5.97 Å². The Kier molecular flexibility index (Phi) is 4.54. The van der Waals surface area contributed by atoms with Gasteiger partial charge in [0.25, 0.3) is 0 Å². The van der Waals surface area contributed by atoms with Crippen LogP contribution in [0.15, 0.2) is 5.38 Å². The average Bonchev–Trinajstić information content (AvgIpc) is 2.71. The minimum Gasteiger partial charge on any atom is -0.481 e. The molecule has 2 N–H and O–H groups in total. The van der Waals surface area contributed by atoms with Crippen molar-refractivity contribution in [2.45, 2.75) is 44.8 Å². The lowest BCUT2D eigenvalue weighted by molar-refractivity contribution is -0.136. The number of aromatic nitrogens is 1. The fourth-order valence-corrected chi connectivity index (χ4v) is 2.78. The first-order chi connectivity index (χ1) is 8.67. The first-order valence-electron chi connectivity index (χ1n) is 6.21. The molecule has 1 aliphatic carbocycles. The Morgan fingerprint density at radius 1 is 1.67 bits per heavy atom. The van der Waals surface area contributed by atoms with Gasteiger partial charge in [0.2, 0.25) is 0 Å². The summed E-state index contributed by atoms with van der Waals surface area (Å²) >= 11 is 1.54. The van der Waals surface area contributed by atoms with E-state index in [1.807, 2.05) is 12.3 Å². The molecule has 1 saturated carbocycles. The van der Waals surface area contributed by atoms with Gasteiger partial charge in [0.1, 0.15) is 0 Å². The van der Waals surface area contributed by atoms with Gasteiger partial charge in [-0.1, -0.05) is 0 Å². The van der Waals surface area contributed by atoms with Gasteiger partial charge in [-0.3, -0.25) is 4.79 Å². The van der Waals surface area contributed by atoms with Crippen molar-refractivity contribution in [3.8, 4) is 0 Å². The molecule has 6 heteroatoms. The molecule has 1 heterocycles. The monoisotopic (exact) mass is 270 g/mol. The number of nitrogens with one attached hydrogen (secondary N) is 1. The smallest absolute Gasteiger partial charge is 0.303 e. The normalized spacial score (nSPS) is 22.5. The number of thiazole rings is 1. The Bertz CT molecular complexity index is 402. The van der Waals surface area contributed by atoms with Crippen molar-refractivity contribution in [1.82, 2.24) is 4.98 Å². The number of carboxylic acid groups (broad SMARTS) is 1. The number of hydrogen-bond acceptors (Lipinski definition) is 5. The van der Waals surface area contributed by atoms with Crippen molar-refractivity contribution >= 4 is 22.4 Å². The molecule has 0 atom stereocenters. The second kappa shape index (κ2) is 6.15. The third-order valence-electron chi connectivity index (χ3n) is 2.97. The van der Waals surface area contributed by atoms with Crippen LogP contribution in [0.25, 0.3) is 0 Å². The van der Waals surface area contributed by atoms with Crippen molar-refractivity contribution in [2.24, 2.45) is 0 Å². The standard InChI is InChI=1S/C12H18N2O3S/c1-2-17-10-5-9(6-10)14-12-13-8(7-18-12)3-4-11(15)16/h7,9-10H,2-6H2,1H3,(H,13,14)(H,15,16). The largest absolute Gasteiger partial charge is 0.481 e. The number of aryl methyl sites for hydroxylation is 1. The third-order valence-corrected chi connectivity index (χ3v) is 3.79. The van der Waals surface area contributed by atoms with Gasteiger partial charge < -0.3 is 15.2 Å². The number of carbonyl (C=O) groups is 1. The van der Waals surface area contributed by atoms with Gasteiger partial charge in [0.15, 0.2) is 5.13 Å². The number of carboxylic acids is 1. The average molecular weight is 270 g/mol. The van der Waals surface area contributed by atoms with E-state index in [9.17, 15) is 4.79 Å². The highest BCUT2D eigenvalue weighted by atomic mass is 32.1. The molecule has 100 valence electrons. The quantitative estimate of drug-likeness (QED) is 0.794. The van der Waals surface area contributed by atoms with Gasteiger partial charge in [-0.15, -0.1) is 11.3 Å². The third kappa shape index (κ3) is 3.68. The molecule has 1 aliphatic rings. The predicted molar refractivity (Wildman–Crippen MR) is 70.1 cm³/mol. The topological polar surface area (TPSA) is 71.5 Å². The highest BCUT2D eigenvalue weighted by molar-refractivity contribution is 7.13. The van der Waals surface area contributed by atoms with E-state index >= 15 is 0 Å². The second-order valence-electron chi connectivity index (χ2n) is 4.43. The molecule has 1 fully saturated rings. The van der Waals surface area contributed by atoms with Gasteiger partial charge in [-0.25, -0.2) is 4.98 Å². The number of aliphatic carboxylic acids is 1. The predicted octanol–water partition coefficient (Wildman–Crippen LogP) is 2.14. The van der Waals surface area contributed by atoms with Crippen LogP contribution in [0.3, 0.4) is 0 Å². The SMILES string of the molecule is CCOC1CC(Nc2nc(CCC(=O)O)cs2)C1. The van der Waals surface area contributed by atoms with Crippen molar-refractivity contribution < 1.29 is 14.6 Å². The number of anilines is 1. The summed E-state index contributed by atoms with van der Waals surface area (Å²) < 4.78 is 5.49. The van der Waals surface area contributed by atoms with Crippen LogP contribution in [0.2, 0.25) is 0 Å². The fraction of sp³-hybridized carbons (Fsp3) is 0.667. The van der Waals surface area contributed by atoms with Crippen LogP contribution < -0.4 is 5.32 Å². The minimum absolute atomic E-state index is 0.138. The lowest BCUT2D eigenvalue weighted by Gasteiger charge is -2.35. The van der Waals surface area contributed by atoms with E-state index in [4.69, 9.17) is 9.84 Å². The van der Waals surface area contributed by atoms with Crippen molar-refractivity contribution in [3.05, 3.63) is 11.1 Å². The summed E-state index contributed by atoms with van der Waals surface area (Å²) in [7, 11) is 0. The minimum atomic E-state index is -0.781. The molecule has 0 amide bonds. The second-order valence-corrected chi connectivity index (χ2v) is 5.29. The van der Waals surface area contributed by atoms with E-state index < -0.39 is 5.97 Å². The summed E-state index contributed by atoms with van der Waals surface area (Å²) in [6, 6.07) is 0.444. The molecule has 5 nitrogen and oxygen atoms in total. The maximum Gasteiger partial charge on any atom is 0.303 e. The van der Waals surface area contributed by atoms with Crippen LogP contribution >= 0.6 is 11.3 Å². The summed E-state index contributed by atoms with van der Waals surface area (Å²) in [6.07, 6.45) is 3.08. The molecule has 0 aliphatic heterocycles. The van der Waals surface area contributed by atoms with Gasteiger partial charge in [-0.2, -0.15) is 0 Å². The van der Waals surface area contributed by atoms with Crippen molar-refractivity contribution in [2.75, 3.05) is 11.9 Å². The highest BCUT2D eigenvalue weighted by Gasteiger charge is 2.29. The van der Waals surface area contributed by atoms with E-state index in [1.54, 1.807) is 0 Å². The van der Waals surface area contributed by atoms with Crippen LogP contribution in [-0.4, -0.2) is 34.8 Å². The summed E-state index contributed by atoms with van der Waals surface area (Å²) in [6.45, 7) is 2.78. The van der Waals surface area contributed by atoms with Crippen LogP contribution in [0.4, 0.5) is 5.13 Å². The van der Waals surface area contributed by atoms with E-state index in [-0.39, 0.29) is 6.42 Å². The van der Waals surface area contributed by atoms with Crippen LogP contribution in [0, 0.1) is 0 Å². The van der Waals surface area contributed by atoms with Gasteiger partial charge in [-0.05, 0) is 19.8 Å². The first kappa shape index (κ1) is 13.3. The zero-order chi connectivity index (χ0) is 13.0. The van der Waals surface area contributed by atoms with Crippen molar-refractivity contribution in [1.29, 1.82) is 0 Å². The maximum absolute atomic E-state index is 10.5. The fourth-order valence-electron chi connectivity index (χ4n) is 1.95. The molecule has 2 rings (SSSR count). The summed E-state index contributed by atoms with van der Waals surface area (Å²) in [5.74, 6) is -0.781. The van der Waals surface area contributed by atoms with Gasteiger partial charge in [0, 0.05) is 24.4 Å². The molecule has 0 spiro atoms. The van der Waals surface area contributed by atoms with E-state index in [1.165, 1.54) is 11.3 Å². The Hall–Kier alpha value is -1.14. The zero-order valence-corrected chi connectivity index (χ0v) is 11.2. The first-order valence-corrected chi connectivity index (χ1v) is 7.09. The van der Waals surface area contributed by atoms with E-state index in [0.29, 0.717) is 18.6 Å². The molecule has 0 bridgehead atoms. The highest BCUT2D eigenvalue weighted by Crippen LogP contribution is 2.28. The summed E-state index contributed by atoms with van der Waals surface area (Å²) in [5, 5.41) is 14.8. The maximum atomic E-state index is 10.5. The number of ether oxygens (including phenoxy) is 1. The van der Waals surface area contributed by atoms with Crippen molar-refractivity contribution in [3.63, 3.8) is 0 Å². The molecule has 0 saturated heterocycles. The zero-order valence-electron chi connectivity index (χ0n) is 10.4. The molecular weight excluding hydrogens is 252 g/mol. The van der Waals surface area contributed by atoms with E-state index in [0.717, 1.165) is 30.3 Å². The van der Waals surface area contributed by atoms with E-state index in [2.05, 4.69) is 10.3 Å².